The molecule has 1 rings (SSSR count). The number of amides is 1. The first kappa shape index (κ1) is 15.7. The van der Waals surface area contributed by atoms with Crippen LogP contribution < -0.4 is 11.1 Å². The number of halogens is 1. The van der Waals surface area contributed by atoms with Gasteiger partial charge < -0.3 is 15.8 Å². The van der Waals surface area contributed by atoms with Crippen LogP contribution in [0.4, 0.5) is 0 Å². The summed E-state index contributed by atoms with van der Waals surface area (Å²) < 4.78 is 4.86. The molecule has 96 valence electrons. The third-order valence-corrected chi connectivity index (χ3v) is 3.26. The van der Waals surface area contributed by atoms with E-state index in [0.717, 1.165) is 12.8 Å². The van der Waals surface area contributed by atoms with Gasteiger partial charge in [0.2, 0.25) is 5.91 Å². The lowest BCUT2D eigenvalue weighted by Gasteiger charge is -2.28. The maximum Gasteiger partial charge on any atom is 0.239 e. The van der Waals surface area contributed by atoms with Crippen molar-refractivity contribution in [2.24, 2.45) is 11.1 Å². The lowest BCUT2D eigenvalue weighted by molar-refractivity contribution is -0.124. The minimum atomic E-state index is -0.550. The molecule has 3 N–H and O–H groups in total. The normalized spacial score (nSPS) is 24.6. The summed E-state index contributed by atoms with van der Waals surface area (Å²) in [6, 6.07) is -0.292. The number of nitrogens with one attached hydrogen (secondary N) is 1. The molecule has 4 nitrogen and oxygen atoms in total. The van der Waals surface area contributed by atoms with Crippen molar-refractivity contribution in [1.29, 1.82) is 0 Å². The molecule has 0 aromatic heterocycles. The van der Waals surface area contributed by atoms with Crippen molar-refractivity contribution in [2.75, 3.05) is 13.7 Å². The zero-order valence-corrected chi connectivity index (χ0v) is 11.1. The average molecular weight is 251 g/mol. The first-order valence-corrected chi connectivity index (χ1v) is 5.52. The minimum absolute atomic E-state index is 0. The van der Waals surface area contributed by atoms with Crippen molar-refractivity contribution < 1.29 is 9.53 Å². The molecule has 1 aliphatic carbocycles. The van der Waals surface area contributed by atoms with Gasteiger partial charge in [-0.05, 0) is 18.3 Å². The van der Waals surface area contributed by atoms with E-state index in [9.17, 15) is 4.79 Å². The molecule has 2 unspecified atom stereocenters. The van der Waals surface area contributed by atoms with Crippen LogP contribution in [0.1, 0.15) is 33.1 Å². The number of nitrogens with two attached hydrogens (primary N) is 1. The van der Waals surface area contributed by atoms with E-state index < -0.39 is 6.04 Å². The quantitative estimate of drug-likeness (QED) is 0.785. The molecule has 1 saturated carbocycles. The molecule has 0 aliphatic heterocycles. The fourth-order valence-electron chi connectivity index (χ4n) is 2.13. The largest absolute Gasteiger partial charge is 0.383 e. The minimum Gasteiger partial charge on any atom is -0.383 e. The molecule has 2 atom stereocenters. The average Bonchev–Trinajstić information content (AvgIpc) is 2.46. The van der Waals surface area contributed by atoms with Crippen LogP contribution >= 0.6 is 12.4 Å². The van der Waals surface area contributed by atoms with Crippen molar-refractivity contribution in [2.45, 2.75) is 45.2 Å². The maximum atomic E-state index is 11.7. The Kier molecular flexibility index (Phi) is 6.30. The van der Waals surface area contributed by atoms with Crippen LogP contribution in [0.15, 0.2) is 0 Å². The van der Waals surface area contributed by atoms with Gasteiger partial charge >= 0.3 is 0 Å². The molecule has 1 fully saturated rings. The van der Waals surface area contributed by atoms with Gasteiger partial charge in [-0.15, -0.1) is 12.4 Å². The molecule has 0 radical (unpaired) electrons. The number of ether oxygens (including phenoxy) is 1. The molecule has 0 aromatic rings. The van der Waals surface area contributed by atoms with Crippen molar-refractivity contribution in [3.05, 3.63) is 0 Å². The Hall–Kier alpha value is -0.320. The fraction of sp³-hybridized carbons (Fsp3) is 0.909. The molecule has 1 amide bonds. The van der Waals surface area contributed by atoms with Gasteiger partial charge in [0.25, 0.3) is 0 Å². The predicted molar refractivity (Wildman–Crippen MR) is 66.7 cm³/mol. The van der Waals surface area contributed by atoms with Gasteiger partial charge in [0.1, 0.15) is 6.04 Å². The van der Waals surface area contributed by atoms with Gasteiger partial charge in [0.15, 0.2) is 0 Å². The van der Waals surface area contributed by atoms with E-state index >= 15 is 0 Å². The third-order valence-electron chi connectivity index (χ3n) is 3.26. The molecular weight excluding hydrogens is 228 g/mol. The summed E-state index contributed by atoms with van der Waals surface area (Å²) in [7, 11) is 1.55. The molecule has 1 aliphatic rings. The monoisotopic (exact) mass is 250 g/mol. The summed E-state index contributed by atoms with van der Waals surface area (Å²) in [5.74, 6) is -0.100. The Morgan fingerprint density at radius 1 is 1.62 bits per heavy atom. The van der Waals surface area contributed by atoms with Crippen molar-refractivity contribution in [3.63, 3.8) is 0 Å². The van der Waals surface area contributed by atoms with Crippen LogP contribution in [-0.2, 0) is 9.53 Å². The smallest absolute Gasteiger partial charge is 0.239 e. The number of hydrogen-bond acceptors (Lipinski definition) is 3. The molecule has 0 spiro atoms. The fourth-order valence-corrected chi connectivity index (χ4v) is 2.13. The summed E-state index contributed by atoms with van der Waals surface area (Å²) in [6.07, 6.45) is 3.40. The summed E-state index contributed by atoms with van der Waals surface area (Å²) in [4.78, 5) is 11.7. The van der Waals surface area contributed by atoms with Crippen LogP contribution in [0, 0.1) is 5.41 Å². The van der Waals surface area contributed by atoms with Crippen LogP contribution in [-0.4, -0.2) is 31.7 Å². The highest BCUT2D eigenvalue weighted by atomic mass is 35.5. The molecule has 0 heterocycles. The molecule has 0 bridgehead atoms. The summed E-state index contributed by atoms with van der Waals surface area (Å²) in [6.45, 7) is 4.65. The summed E-state index contributed by atoms with van der Waals surface area (Å²) in [5.41, 5.74) is 5.85. The van der Waals surface area contributed by atoms with Gasteiger partial charge in [0, 0.05) is 13.2 Å². The molecule has 0 aromatic carbocycles. The predicted octanol–water partition coefficient (Wildman–Crippen LogP) is 1.08. The van der Waals surface area contributed by atoms with E-state index in [4.69, 9.17) is 10.5 Å². The standard InChI is InChI=1S/C11H22N2O2.ClH/c1-11(2)6-4-5-9(11)13-10(14)8(12)7-15-3;/h8-9H,4-7,12H2,1-3H3,(H,13,14);1H. The lowest BCUT2D eigenvalue weighted by Crippen LogP contribution is -2.50. The Morgan fingerprint density at radius 2 is 2.25 bits per heavy atom. The lowest BCUT2D eigenvalue weighted by atomic mass is 9.87. The highest BCUT2D eigenvalue weighted by Gasteiger charge is 2.35. The Balaban J connectivity index is 0.00000225. The van der Waals surface area contributed by atoms with E-state index in [-0.39, 0.29) is 36.4 Å². The molecule has 5 heteroatoms. The molecule has 16 heavy (non-hydrogen) atoms. The van der Waals surface area contributed by atoms with Crippen molar-refractivity contribution in [3.8, 4) is 0 Å². The Morgan fingerprint density at radius 3 is 2.69 bits per heavy atom. The van der Waals surface area contributed by atoms with E-state index in [2.05, 4.69) is 19.2 Å². The molecule has 0 saturated heterocycles. The maximum absolute atomic E-state index is 11.7. The first-order chi connectivity index (χ1) is 6.97. The Bertz CT molecular complexity index is 234. The van der Waals surface area contributed by atoms with Crippen molar-refractivity contribution >= 4 is 18.3 Å². The number of hydrogen-bond donors (Lipinski definition) is 2. The SMILES string of the molecule is COCC(N)C(=O)NC1CCCC1(C)C.Cl. The zero-order chi connectivity index (χ0) is 11.5. The highest BCUT2D eigenvalue weighted by Crippen LogP contribution is 2.37. The summed E-state index contributed by atoms with van der Waals surface area (Å²) >= 11 is 0. The topological polar surface area (TPSA) is 64.3 Å². The van der Waals surface area contributed by atoms with E-state index in [1.807, 2.05) is 0 Å². The number of carbonyl (C=O) groups excluding carboxylic acids is 1. The Labute approximate surface area is 104 Å². The van der Waals surface area contributed by atoms with Crippen molar-refractivity contribution in [1.82, 2.24) is 5.32 Å². The van der Waals surface area contributed by atoms with E-state index in [0.29, 0.717) is 0 Å². The van der Waals surface area contributed by atoms with E-state index in [1.54, 1.807) is 7.11 Å². The van der Waals surface area contributed by atoms with Gasteiger partial charge in [-0.3, -0.25) is 4.79 Å². The second-order valence-electron chi connectivity index (χ2n) is 5.00. The second-order valence-corrected chi connectivity index (χ2v) is 5.00. The van der Waals surface area contributed by atoms with E-state index in [1.165, 1.54) is 6.42 Å². The third kappa shape index (κ3) is 3.92. The van der Waals surface area contributed by atoms with Gasteiger partial charge in [0.05, 0.1) is 6.61 Å². The summed E-state index contributed by atoms with van der Waals surface area (Å²) in [5, 5.41) is 3.01. The number of rotatable bonds is 4. The van der Waals surface area contributed by atoms with Crippen LogP contribution in [0.3, 0.4) is 0 Å². The highest BCUT2D eigenvalue weighted by molar-refractivity contribution is 5.85. The van der Waals surface area contributed by atoms with Crippen LogP contribution in [0.25, 0.3) is 0 Å². The number of carbonyl (C=O) groups is 1. The van der Waals surface area contributed by atoms with Gasteiger partial charge in [-0.1, -0.05) is 20.3 Å². The zero-order valence-electron chi connectivity index (χ0n) is 10.3. The molecular formula is C11H23ClN2O2. The van der Waals surface area contributed by atoms with Crippen LogP contribution in [0.2, 0.25) is 0 Å². The first-order valence-electron chi connectivity index (χ1n) is 5.52. The van der Waals surface area contributed by atoms with Gasteiger partial charge in [-0.2, -0.15) is 0 Å². The second kappa shape index (κ2) is 6.42. The van der Waals surface area contributed by atoms with Gasteiger partial charge in [-0.25, -0.2) is 0 Å². The van der Waals surface area contributed by atoms with Crippen LogP contribution in [0.5, 0.6) is 0 Å². The number of methoxy groups -OCH3 is 1.